The normalized spacial score (nSPS) is 24.4. The van der Waals surface area contributed by atoms with Gasteiger partial charge in [0.2, 0.25) is 0 Å². The molecule has 1 fully saturated rings. The van der Waals surface area contributed by atoms with E-state index in [1.165, 1.54) is 49.9 Å². The topological polar surface area (TPSA) is 29.9 Å². The van der Waals surface area contributed by atoms with Gasteiger partial charge in [-0.15, -0.1) is 0 Å². The van der Waals surface area contributed by atoms with Crippen LogP contribution in [0.1, 0.15) is 76.7 Å². The van der Waals surface area contributed by atoms with Gasteiger partial charge in [0.05, 0.1) is 11.7 Å². The lowest BCUT2D eigenvalue weighted by molar-refractivity contribution is 0.264. The summed E-state index contributed by atoms with van der Waals surface area (Å²) in [6.07, 6.45) is 10.2. The molecular weight excluding hydrogens is 246 g/mol. The number of nitrogens with one attached hydrogen (secondary N) is 1. The molecule has 0 bridgehead atoms. The lowest BCUT2D eigenvalue weighted by Gasteiger charge is -2.31. The molecule has 1 aromatic heterocycles. The second-order valence-corrected chi connectivity index (χ2v) is 6.00. The molecule has 1 aliphatic carbocycles. The summed E-state index contributed by atoms with van der Waals surface area (Å²) in [6, 6.07) is 3.45. The monoisotopic (exact) mass is 277 g/mol. The second kappa shape index (κ2) is 7.82. The molecule has 2 rings (SSSR count). The number of nitrogens with zero attached hydrogens (tertiary/aromatic N) is 2. The maximum Gasteiger partial charge on any atom is 0.0675 e. The number of hydrogen-bond donors (Lipinski definition) is 1. The summed E-state index contributed by atoms with van der Waals surface area (Å²) in [5.41, 5.74) is 2.66. The van der Waals surface area contributed by atoms with E-state index in [2.05, 4.69) is 36.8 Å². The van der Waals surface area contributed by atoms with E-state index >= 15 is 0 Å². The fourth-order valence-electron chi connectivity index (χ4n) is 3.47. The smallest absolute Gasteiger partial charge is 0.0675 e. The Morgan fingerprint density at radius 2 is 1.85 bits per heavy atom. The number of aromatic nitrogens is 2. The first-order chi connectivity index (χ1) is 9.80. The molecule has 20 heavy (non-hydrogen) atoms. The molecule has 0 radical (unpaired) electrons. The zero-order chi connectivity index (χ0) is 14.4. The maximum atomic E-state index is 4.90. The predicted molar refractivity (Wildman–Crippen MR) is 85.2 cm³/mol. The van der Waals surface area contributed by atoms with Crippen LogP contribution in [0.2, 0.25) is 0 Å². The Kier molecular flexibility index (Phi) is 6.08. The van der Waals surface area contributed by atoms with Crippen molar-refractivity contribution in [3.63, 3.8) is 0 Å². The summed E-state index contributed by atoms with van der Waals surface area (Å²) in [5, 5.41) is 8.62. The highest BCUT2D eigenvalue weighted by molar-refractivity contribution is 5.12. The second-order valence-electron chi connectivity index (χ2n) is 6.00. The van der Waals surface area contributed by atoms with Crippen LogP contribution < -0.4 is 5.32 Å². The van der Waals surface area contributed by atoms with Crippen LogP contribution in [0.15, 0.2) is 6.07 Å². The lowest BCUT2D eigenvalue weighted by Crippen LogP contribution is -2.39. The Hall–Kier alpha value is -0.830. The van der Waals surface area contributed by atoms with Crippen molar-refractivity contribution >= 4 is 0 Å². The van der Waals surface area contributed by atoms with Crippen LogP contribution >= 0.6 is 0 Å². The van der Waals surface area contributed by atoms with Gasteiger partial charge in [-0.25, -0.2) is 0 Å². The third kappa shape index (κ3) is 3.63. The van der Waals surface area contributed by atoms with Crippen molar-refractivity contribution in [3.8, 4) is 0 Å². The van der Waals surface area contributed by atoms with E-state index < -0.39 is 0 Å². The molecule has 1 aliphatic rings. The highest BCUT2D eigenvalue weighted by Crippen LogP contribution is 2.28. The van der Waals surface area contributed by atoms with Crippen LogP contribution in [0.25, 0.3) is 0 Å². The standard InChI is InChI=1S/C17H31N3/c1-4-14-13-15(5-2)20(19-14)17-12-10-8-7-9-11-16(17)18-6-3/h13,16-18H,4-12H2,1-3H3. The van der Waals surface area contributed by atoms with E-state index in [4.69, 9.17) is 5.10 Å². The van der Waals surface area contributed by atoms with Crippen molar-refractivity contribution in [3.05, 3.63) is 17.5 Å². The van der Waals surface area contributed by atoms with Gasteiger partial charge >= 0.3 is 0 Å². The molecule has 1 saturated carbocycles. The zero-order valence-corrected chi connectivity index (χ0v) is 13.5. The van der Waals surface area contributed by atoms with Crippen LogP contribution in [0, 0.1) is 0 Å². The molecule has 1 heterocycles. The summed E-state index contributed by atoms with van der Waals surface area (Å²) in [5.74, 6) is 0. The summed E-state index contributed by atoms with van der Waals surface area (Å²) in [6.45, 7) is 7.73. The summed E-state index contributed by atoms with van der Waals surface area (Å²) in [4.78, 5) is 0. The number of rotatable bonds is 5. The zero-order valence-electron chi connectivity index (χ0n) is 13.5. The molecule has 3 nitrogen and oxygen atoms in total. The van der Waals surface area contributed by atoms with E-state index in [0.717, 1.165) is 19.4 Å². The van der Waals surface area contributed by atoms with E-state index in [1.807, 2.05) is 0 Å². The van der Waals surface area contributed by atoms with Crippen molar-refractivity contribution in [2.24, 2.45) is 0 Å². The average Bonchev–Trinajstić information content (AvgIpc) is 2.85. The minimum atomic E-state index is 0.547. The first-order valence-electron chi connectivity index (χ1n) is 8.60. The quantitative estimate of drug-likeness (QED) is 0.885. The predicted octanol–water partition coefficient (Wildman–Crippen LogP) is 3.88. The largest absolute Gasteiger partial charge is 0.312 e. The van der Waals surface area contributed by atoms with Gasteiger partial charge in [0, 0.05) is 11.7 Å². The Balaban J connectivity index is 2.25. The molecule has 1 aromatic rings. The Morgan fingerprint density at radius 1 is 1.10 bits per heavy atom. The third-order valence-corrected chi connectivity index (χ3v) is 4.60. The van der Waals surface area contributed by atoms with Crippen LogP contribution in [0.5, 0.6) is 0 Å². The first-order valence-corrected chi connectivity index (χ1v) is 8.60. The molecule has 0 aliphatic heterocycles. The highest BCUT2D eigenvalue weighted by Gasteiger charge is 2.26. The third-order valence-electron chi connectivity index (χ3n) is 4.60. The van der Waals surface area contributed by atoms with Crippen molar-refractivity contribution < 1.29 is 0 Å². The molecule has 1 N–H and O–H groups in total. The number of likely N-dealkylation sites (N-methyl/N-ethyl adjacent to an activating group) is 1. The summed E-state index contributed by atoms with van der Waals surface area (Å²) in [7, 11) is 0. The van der Waals surface area contributed by atoms with Crippen LogP contribution in [0.3, 0.4) is 0 Å². The van der Waals surface area contributed by atoms with Gasteiger partial charge < -0.3 is 5.32 Å². The molecule has 0 spiro atoms. The minimum Gasteiger partial charge on any atom is -0.312 e. The van der Waals surface area contributed by atoms with Crippen molar-refractivity contribution in [2.75, 3.05) is 6.54 Å². The van der Waals surface area contributed by atoms with E-state index in [9.17, 15) is 0 Å². The molecule has 2 unspecified atom stereocenters. The van der Waals surface area contributed by atoms with Gasteiger partial charge in [-0.3, -0.25) is 4.68 Å². The van der Waals surface area contributed by atoms with Crippen LogP contribution in [-0.2, 0) is 12.8 Å². The average molecular weight is 277 g/mol. The fraction of sp³-hybridized carbons (Fsp3) is 0.824. The fourth-order valence-corrected chi connectivity index (χ4v) is 3.47. The SMILES string of the molecule is CCNC1CCCCCCC1n1nc(CC)cc1CC. The van der Waals surface area contributed by atoms with Crippen LogP contribution in [-0.4, -0.2) is 22.4 Å². The number of hydrogen-bond acceptors (Lipinski definition) is 2. The molecular formula is C17H31N3. The Bertz CT molecular complexity index is 397. The molecule has 0 saturated heterocycles. The minimum absolute atomic E-state index is 0.547. The van der Waals surface area contributed by atoms with Gasteiger partial charge in [0.25, 0.3) is 0 Å². The van der Waals surface area contributed by atoms with Crippen molar-refractivity contribution in [1.29, 1.82) is 0 Å². The van der Waals surface area contributed by atoms with Gasteiger partial charge in [-0.05, 0) is 38.3 Å². The van der Waals surface area contributed by atoms with E-state index in [0.29, 0.717) is 12.1 Å². The van der Waals surface area contributed by atoms with Crippen molar-refractivity contribution in [1.82, 2.24) is 15.1 Å². The number of aryl methyl sites for hydroxylation is 2. The molecule has 0 amide bonds. The van der Waals surface area contributed by atoms with E-state index in [-0.39, 0.29) is 0 Å². The Morgan fingerprint density at radius 3 is 2.50 bits per heavy atom. The molecule has 2 atom stereocenters. The molecule has 3 heteroatoms. The molecule has 0 aromatic carbocycles. The highest BCUT2D eigenvalue weighted by atomic mass is 15.3. The van der Waals surface area contributed by atoms with Gasteiger partial charge in [-0.1, -0.05) is 46.5 Å². The summed E-state index contributed by atoms with van der Waals surface area (Å²) >= 11 is 0. The first kappa shape index (κ1) is 15.6. The van der Waals surface area contributed by atoms with Crippen LogP contribution in [0.4, 0.5) is 0 Å². The van der Waals surface area contributed by atoms with Gasteiger partial charge in [0.15, 0.2) is 0 Å². The van der Waals surface area contributed by atoms with Crippen molar-refractivity contribution in [2.45, 2.75) is 84.2 Å². The lowest BCUT2D eigenvalue weighted by atomic mass is 9.92. The summed E-state index contributed by atoms with van der Waals surface area (Å²) < 4.78 is 2.36. The Labute approximate surface area is 124 Å². The van der Waals surface area contributed by atoms with E-state index in [1.54, 1.807) is 0 Å². The van der Waals surface area contributed by atoms with Gasteiger partial charge in [0.1, 0.15) is 0 Å². The maximum absolute atomic E-state index is 4.90. The van der Waals surface area contributed by atoms with Gasteiger partial charge in [-0.2, -0.15) is 5.10 Å². The molecule has 114 valence electrons.